The first-order valence-electron chi connectivity index (χ1n) is 38.4. The van der Waals surface area contributed by atoms with Gasteiger partial charge in [-0.25, -0.2) is 0 Å². The molecule has 1 aromatic carbocycles. The molecule has 17 atom stereocenters. The summed E-state index contributed by atoms with van der Waals surface area (Å²) in [6, 6.07) is 9.48. The van der Waals surface area contributed by atoms with Crippen molar-refractivity contribution in [2.24, 2.45) is 118 Å². The molecular weight excluding hydrogens is 1220 g/mol. The fourth-order valence-electron chi connectivity index (χ4n) is 24.2. The molecule has 0 aromatic heterocycles. The summed E-state index contributed by atoms with van der Waals surface area (Å²) in [7, 11) is 4.17. The number of ether oxygens (including phenoxy) is 1. The SMILES string of the molecule is CC(C)C1=C2[C@H]3CC[C@@H]4[C@@]5(C)CC[C@H](OC(=O)CC(C)(C)C(=O)O)C(C)(C)[C@H]5CC[C@@]4(C)[C@]3(C)CC[C@@]2([C@@H](O)CN(CCN(C)C)Cc2ccc(Cl)cc2)CC1=O.CC1(C)C2CCC1(C)C(NCCNC1CC3CCC1(C)C3(C)C)C2.CC12CCC(CC1=O)C2(C)C.NCCN. The van der Waals surface area contributed by atoms with Gasteiger partial charge in [-0.1, -0.05) is 140 Å². The second kappa shape index (κ2) is 27.8. The topological polar surface area (TPSA) is 201 Å². The van der Waals surface area contributed by atoms with Crippen molar-refractivity contribution in [1.29, 1.82) is 0 Å². The number of benzene rings is 1. The lowest BCUT2D eigenvalue weighted by Gasteiger charge is -2.72. The van der Waals surface area contributed by atoms with E-state index in [4.69, 9.17) is 27.8 Å². The van der Waals surface area contributed by atoms with E-state index in [2.05, 4.69) is 157 Å². The van der Waals surface area contributed by atoms with Crippen molar-refractivity contribution in [3.63, 3.8) is 0 Å². The molecule has 14 heteroatoms. The molecule has 8 unspecified atom stereocenters. The van der Waals surface area contributed by atoms with Crippen LogP contribution in [-0.4, -0.2) is 128 Å². The van der Waals surface area contributed by atoms with Gasteiger partial charge in [-0.15, -0.1) is 0 Å². The Bertz CT molecular complexity index is 2960. The smallest absolute Gasteiger partial charge is 0.309 e. The summed E-state index contributed by atoms with van der Waals surface area (Å²) < 4.78 is 6.20. The van der Waals surface area contributed by atoms with Crippen LogP contribution in [0.3, 0.4) is 0 Å². The molecular formula is C82H137ClN6O7. The quantitative estimate of drug-likeness (QED) is 0.0565. The molecule has 0 saturated heterocycles. The van der Waals surface area contributed by atoms with Crippen LogP contribution in [0.4, 0.5) is 0 Å². The Labute approximate surface area is 587 Å². The van der Waals surface area contributed by atoms with E-state index in [0.717, 1.165) is 125 Å². The maximum atomic E-state index is 14.3. The highest BCUT2D eigenvalue weighted by Gasteiger charge is 2.72. The first kappa shape index (κ1) is 77.4. The average molecular weight is 1350 g/mol. The number of aliphatic hydroxyl groups is 1. The molecule has 0 amide bonds. The summed E-state index contributed by atoms with van der Waals surface area (Å²) in [4.78, 5) is 55.4. The van der Waals surface area contributed by atoms with Gasteiger partial charge in [-0.05, 0) is 239 Å². The molecule has 10 saturated carbocycles. The van der Waals surface area contributed by atoms with Gasteiger partial charge >= 0.3 is 11.9 Å². The van der Waals surface area contributed by atoms with Gasteiger partial charge in [-0.2, -0.15) is 0 Å². The van der Waals surface area contributed by atoms with E-state index in [1.165, 1.54) is 50.5 Å². The van der Waals surface area contributed by atoms with Crippen LogP contribution in [0.25, 0.3) is 0 Å². The van der Waals surface area contributed by atoms with E-state index >= 15 is 0 Å². The van der Waals surface area contributed by atoms with Gasteiger partial charge in [0, 0.05) is 98.6 Å². The van der Waals surface area contributed by atoms with Gasteiger partial charge in [0.05, 0.1) is 17.9 Å². The maximum absolute atomic E-state index is 14.3. The minimum Gasteiger partial charge on any atom is -0.481 e. The van der Waals surface area contributed by atoms with E-state index in [-0.39, 0.29) is 62.6 Å². The Morgan fingerprint density at radius 1 is 0.677 bits per heavy atom. The van der Waals surface area contributed by atoms with Gasteiger partial charge < -0.3 is 42.0 Å². The van der Waals surface area contributed by atoms with Crippen LogP contribution in [0.5, 0.6) is 0 Å². The van der Waals surface area contributed by atoms with Crippen molar-refractivity contribution in [3.05, 3.63) is 46.0 Å². The van der Waals surface area contributed by atoms with Crippen LogP contribution in [0.15, 0.2) is 35.4 Å². The fraction of sp³-hybridized carbons (Fsp3) is 0.854. The summed E-state index contributed by atoms with van der Waals surface area (Å²) in [5.74, 6) is 3.08. The number of carboxylic acid groups (broad SMARTS) is 1. The molecule has 0 radical (unpaired) electrons. The Morgan fingerprint density at radius 2 is 1.23 bits per heavy atom. The van der Waals surface area contributed by atoms with E-state index < -0.39 is 28.9 Å². The number of likely N-dealkylation sites (N-methyl/N-ethyl adjacent to an activating group) is 1. The molecule has 12 rings (SSSR count). The predicted octanol–water partition coefficient (Wildman–Crippen LogP) is 15.4. The van der Waals surface area contributed by atoms with Crippen molar-refractivity contribution >= 4 is 35.1 Å². The third-order valence-electron chi connectivity index (χ3n) is 32.3. The standard InChI is InChI=1S/C48H73ClN2O6.C22H40N2.C10H16O.C2H8N2/c1-30(2)40-34(52)26-48(37(53)29-51(25-24-50(10)11)28-31-12-14-32(49)15-13-31)23-22-46(8)33(41(40)48)16-17-36-45(7)20-19-38(57-39(54)27-43(3,4)42(55)56)44(5,6)35(45)18-21-47(36,46)9;1-19(2)15-7-9-21(19,5)17(13-15)23-11-12-24-18-14-16-8-10-22(18,6)20(16,3)4;1-9(2)7-4-5-10(9,3)8(11)6-7;3-1-2-4/h12-15,30,33,35-38,53H,16-29H2,1-11H3,(H,55,56);15-18,23-24H,7-14H2,1-6H3;7H,4-6H2,1-3H3;1-4H2/t33-,35-,36-,37+,38+,45+,46-,47-,48+;;;/m1.../s1. The normalized spacial score (nSPS) is 39.4. The summed E-state index contributed by atoms with van der Waals surface area (Å²) in [6.07, 6.45) is 18.9. The zero-order chi connectivity index (χ0) is 71.2. The number of hydrogen-bond donors (Lipinski definition) is 6. The summed E-state index contributed by atoms with van der Waals surface area (Å²) in [5, 5.41) is 30.9. The number of aliphatic hydroxyl groups excluding tert-OH is 1. The maximum Gasteiger partial charge on any atom is 0.309 e. The number of ketones is 2. The number of carboxylic acids is 1. The number of aliphatic carboxylic acids is 1. The van der Waals surface area contributed by atoms with E-state index in [0.29, 0.717) is 82.8 Å². The monoisotopic (exact) mass is 1350 g/mol. The first-order valence-corrected chi connectivity index (χ1v) is 38.7. The zero-order valence-corrected chi connectivity index (χ0v) is 64.9. The second-order valence-corrected chi connectivity index (χ2v) is 38.9. The minimum atomic E-state index is -1.17. The van der Waals surface area contributed by atoms with Crippen LogP contribution in [0.2, 0.25) is 5.02 Å². The average Bonchev–Trinajstić information content (AvgIpc) is 0.893. The molecule has 1 aromatic rings. The molecule has 11 aliphatic carbocycles. The molecule has 6 bridgehead atoms. The largest absolute Gasteiger partial charge is 0.481 e. The molecule has 544 valence electrons. The molecule has 0 spiro atoms. The summed E-state index contributed by atoms with van der Waals surface area (Å²) in [5.41, 5.74) is 13.7. The van der Waals surface area contributed by atoms with Gasteiger partial charge in [0.2, 0.25) is 0 Å². The predicted molar refractivity (Wildman–Crippen MR) is 391 cm³/mol. The Hall–Kier alpha value is -2.75. The van der Waals surface area contributed by atoms with Crippen molar-refractivity contribution in [2.45, 2.75) is 277 Å². The lowest BCUT2D eigenvalue weighted by molar-refractivity contribution is -0.235. The highest BCUT2D eigenvalue weighted by Crippen LogP contribution is 2.77. The van der Waals surface area contributed by atoms with Crippen molar-refractivity contribution in [1.82, 2.24) is 20.4 Å². The number of Topliss-reactive ketones (excluding diaryl/α,β-unsaturated/α-hetero) is 2. The van der Waals surface area contributed by atoms with Crippen LogP contribution in [0, 0.1) is 106 Å². The van der Waals surface area contributed by atoms with Gasteiger partial charge in [0.1, 0.15) is 11.9 Å². The third-order valence-corrected chi connectivity index (χ3v) is 32.5. The van der Waals surface area contributed by atoms with E-state index in [1.807, 2.05) is 12.1 Å². The van der Waals surface area contributed by atoms with Gasteiger partial charge in [-0.3, -0.25) is 24.1 Å². The van der Waals surface area contributed by atoms with Crippen molar-refractivity contribution in [2.75, 3.05) is 59.9 Å². The number of hydrogen-bond acceptors (Lipinski definition) is 12. The number of rotatable bonds is 19. The molecule has 0 aliphatic heterocycles. The number of fused-ring (bicyclic) bond motifs is 13. The number of nitrogens with zero attached hydrogens (tertiary/aromatic N) is 2. The molecule has 8 N–H and O–H groups in total. The number of carbonyl (C=O) groups excluding carboxylic acids is 3. The van der Waals surface area contributed by atoms with Gasteiger partial charge in [0.15, 0.2) is 5.78 Å². The zero-order valence-electron chi connectivity index (χ0n) is 64.1. The highest BCUT2D eigenvalue weighted by atomic mass is 35.5. The number of allylic oxidation sites excluding steroid dienone is 1. The van der Waals surface area contributed by atoms with Crippen LogP contribution >= 0.6 is 11.6 Å². The summed E-state index contributed by atoms with van der Waals surface area (Å²) in [6.45, 7) is 47.9. The van der Waals surface area contributed by atoms with E-state index in [1.54, 1.807) is 13.8 Å². The number of nitrogens with two attached hydrogens (primary N) is 2. The first-order chi connectivity index (χ1) is 44.4. The van der Waals surface area contributed by atoms with Crippen molar-refractivity contribution < 1.29 is 34.1 Å². The lowest BCUT2D eigenvalue weighted by atomic mass is 9.33. The van der Waals surface area contributed by atoms with Gasteiger partial charge in [0.25, 0.3) is 0 Å². The van der Waals surface area contributed by atoms with Crippen molar-refractivity contribution in [3.8, 4) is 0 Å². The molecule has 11 aliphatic rings. The summed E-state index contributed by atoms with van der Waals surface area (Å²) >= 11 is 6.24. The Balaban J connectivity index is 0.000000222. The fourth-order valence-corrected chi connectivity index (χ4v) is 24.3. The Morgan fingerprint density at radius 3 is 1.68 bits per heavy atom. The van der Waals surface area contributed by atoms with Crippen LogP contribution in [-0.2, 0) is 30.5 Å². The molecule has 96 heavy (non-hydrogen) atoms. The Kier molecular flexibility index (Phi) is 22.4. The van der Waals surface area contributed by atoms with Crippen LogP contribution < -0.4 is 22.1 Å². The number of halogens is 1. The van der Waals surface area contributed by atoms with Crippen LogP contribution in [0.1, 0.15) is 252 Å². The number of carbonyl (C=O) groups is 4. The number of esters is 1. The third kappa shape index (κ3) is 13.1. The molecule has 13 nitrogen and oxygen atoms in total. The minimum absolute atomic E-state index is 0.0255. The second-order valence-electron chi connectivity index (χ2n) is 38.5. The van der Waals surface area contributed by atoms with E-state index in [9.17, 15) is 29.4 Å². The number of nitrogens with one attached hydrogen (secondary N) is 2. The highest BCUT2D eigenvalue weighted by molar-refractivity contribution is 6.30. The molecule has 10 fully saturated rings. The lowest BCUT2D eigenvalue weighted by Crippen LogP contribution is -2.66. The molecule has 0 heterocycles.